The maximum Gasteiger partial charge on any atom is 0.331 e. The Bertz CT molecular complexity index is 1620. The molecule has 3 saturated heterocycles. The average Bonchev–Trinajstić information content (AvgIpc) is 3.18. The van der Waals surface area contributed by atoms with Crippen LogP contribution in [0.3, 0.4) is 0 Å². The molecule has 2 aromatic rings. The third-order valence-electron chi connectivity index (χ3n) is 9.40. The fourth-order valence-corrected chi connectivity index (χ4v) is 6.19. The maximum atomic E-state index is 13.3. The molecule has 0 aliphatic carbocycles. The number of aliphatic hydroxyl groups excluding tert-OH is 9. The van der Waals surface area contributed by atoms with Gasteiger partial charge >= 0.3 is 5.97 Å². The Labute approximate surface area is 317 Å². The van der Waals surface area contributed by atoms with E-state index in [4.69, 9.17) is 33.2 Å². The summed E-state index contributed by atoms with van der Waals surface area (Å²) in [7, 11) is 0. The molecule has 3 aliphatic heterocycles. The third kappa shape index (κ3) is 10.0. The Hall–Kier alpha value is -3.75. The number of esters is 1. The number of aromatic hydroxyl groups is 4. The van der Waals surface area contributed by atoms with Crippen LogP contribution in [0.2, 0.25) is 0 Å². The van der Waals surface area contributed by atoms with E-state index in [-0.39, 0.29) is 24.3 Å². The summed E-state index contributed by atoms with van der Waals surface area (Å²) in [6.07, 6.45) is -24.1. The second kappa shape index (κ2) is 19.1. The Morgan fingerprint density at radius 3 is 1.77 bits per heavy atom. The summed E-state index contributed by atoms with van der Waals surface area (Å²) < 4.78 is 40.0. The Balaban J connectivity index is 1.44. The first-order valence-electron chi connectivity index (χ1n) is 17.4. The molecular weight excluding hydrogens is 756 g/mol. The molecule has 13 N–H and O–H groups in total. The molecule has 3 heterocycles. The lowest BCUT2D eigenvalue weighted by atomic mass is 9.96. The van der Waals surface area contributed by atoms with E-state index in [2.05, 4.69) is 0 Å². The van der Waals surface area contributed by atoms with Crippen LogP contribution in [0.25, 0.3) is 6.08 Å². The molecule has 5 rings (SSSR count). The minimum Gasteiger partial charge on any atom is -0.504 e. The Morgan fingerprint density at radius 1 is 0.607 bits per heavy atom. The molecule has 312 valence electrons. The number of aliphatic hydroxyl groups is 9. The molecule has 0 bridgehead atoms. The third-order valence-corrected chi connectivity index (χ3v) is 9.40. The van der Waals surface area contributed by atoms with E-state index < -0.39 is 135 Å². The Morgan fingerprint density at radius 2 is 1.16 bits per heavy atom. The number of ether oxygens (including phenoxy) is 7. The summed E-state index contributed by atoms with van der Waals surface area (Å²) in [5, 5.41) is 133. The molecule has 0 spiro atoms. The highest BCUT2D eigenvalue weighted by molar-refractivity contribution is 5.87. The van der Waals surface area contributed by atoms with Crippen LogP contribution in [0.1, 0.15) is 11.1 Å². The maximum absolute atomic E-state index is 13.3. The van der Waals surface area contributed by atoms with Crippen molar-refractivity contribution < 1.29 is 104 Å². The fraction of sp³-hybridized carbons (Fsp3) is 0.571. The summed E-state index contributed by atoms with van der Waals surface area (Å²) in [5.41, 5.74) is 0.729. The van der Waals surface area contributed by atoms with Gasteiger partial charge in [0.05, 0.1) is 26.4 Å². The zero-order chi connectivity index (χ0) is 40.8. The van der Waals surface area contributed by atoms with Crippen molar-refractivity contribution in [3.8, 4) is 23.0 Å². The van der Waals surface area contributed by atoms with Gasteiger partial charge in [-0.1, -0.05) is 12.1 Å². The number of carbonyl (C=O) groups excluding carboxylic acids is 1. The van der Waals surface area contributed by atoms with Crippen molar-refractivity contribution in [3.05, 3.63) is 53.6 Å². The second-order valence-corrected chi connectivity index (χ2v) is 13.3. The van der Waals surface area contributed by atoms with Crippen LogP contribution >= 0.6 is 0 Å². The average molecular weight is 803 g/mol. The molecule has 21 nitrogen and oxygen atoms in total. The van der Waals surface area contributed by atoms with Gasteiger partial charge in [-0.15, -0.1) is 0 Å². The lowest BCUT2D eigenvalue weighted by Gasteiger charge is -2.47. The van der Waals surface area contributed by atoms with Crippen molar-refractivity contribution in [1.82, 2.24) is 0 Å². The second-order valence-electron chi connectivity index (χ2n) is 13.3. The van der Waals surface area contributed by atoms with Crippen LogP contribution in [0.4, 0.5) is 0 Å². The van der Waals surface area contributed by atoms with Gasteiger partial charge in [0.15, 0.2) is 48.0 Å². The van der Waals surface area contributed by atoms with E-state index in [1.165, 1.54) is 30.3 Å². The minimum atomic E-state index is -1.99. The van der Waals surface area contributed by atoms with Crippen LogP contribution in [-0.2, 0) is 44.4 Å². The molecule has 0 radical (unpaired) electrons. The van der Waals surface area contributed by atoms with E-state index >= 15 is 0 Å². The van der Waals surface area contributed by atoms with Gasteiger partial charge in [0, 0.05) is 6.08 Å². The number of carbonyl (C=O) groups is 1. The summed E-state index contributed by atoms with van der Waals surface area (Å²) in [5.74, 6) is -2.81. The zero-order valence-corrected chi connectivity index (χ0v) is 29.4. The van der Waals surface area contributed by atoms with Crippen molar-refractivity contribution in [2.24, 2.45) is 0 Å². The van der Waals surface area contributed by atoms with E-state index in [0.29, 0.717) is 5.56 Å². The van der Waals surface area contributed by atoms with Crippen LogP contribution in [0.15, 0.2) is 42.5 Å². The van der Waals surface area contributed by atoms with Gasteiger partial charge in [0.25, 0.3) is 0 Å². The van der Waals surface area contributed by atoms with Crippen molar-refractivity contribution in [3.63, 3.8) is 0 Å². The number of hydrogen-bond acceptors (Lipinski definition) is 21. The highest BCUT2D eigenvalue weighted by Gasteiger charge is 2.53. The number of benzene rings is 2. The first kappa shape index (κ1) is 43.4. The molecular formula is C35H46O21. The molecule has 15 atom stereocenters. The van der Waals surface area contributed by atoms with Gasteiger partial charge in [-0.2, -0.15) is 0 Å². The summed E-state index contributed by atoms with van der Waals surface area (Å²) in [6, 6.07) is 7.65. The SMILES string of the molecule is O=C(/C=C/c1ccc(O)c(O)c1)O[C@H]1[C@H](O[C@@H]2O[C@H](CO)[C@@H](O)[C@H](O)[C@H]2O)[C@@H](O)[C@H](OCCc2ccc(O)c(O)c2)O[C@@H]1CO[C@@H]1O[C@H](CO)[C@@H](O)[C@H](O)[C@H]1O. The van der Waals surface area contributed by atoms with E-state index in [1.54, 1.807) is 0 Å². The highest BCUT2D eigenvalue weighted by Crippen LogP contribution is 2.33. The monoisotopic (exact) mass is 802 g/mol. The van der Waals surface area contributed by atoms with E-state index in [9.17, 15) is 71.2 Å². The predicted molar refractivity (Wildman–Crippen MR) is 181 cm³/mol. The molecule has 0 amide bonds. The smallest absolute Gasteiger partial charge is 0.331 e. The van der Waals surface area contributed by atoms with E-state index in [1.807, 2.05) is 0 Å². The lowest BCUT2D eigenvalue weighted by Crippen LogP contribution is -2.66. The highest BCUT2D eigenvalue weighted by atomic mass is 16.8. The first-order chi connectivity index (χ1) is 26.6. The standard InChI is InChI=1S/C35H46O21/c36-11-20-24(43)26(45)28(47)33(52-20)51-13-22-31(55-23(42)6-3-14-1-4-16(38)18(40)9-14)32(56-35-29(48)27(46)25(44)21(12-37)53-35)30(49)34(54-22)50-8-7-15-2-5-17(39)19(41)10-15/h1-6,9-10,20-22,24-41,43-49H,7-8,11-13H2/b6-3+/t20-,21-,22-,24-,25-,26+,27+,28-,29-,30-,31-,32-,33-,34-,35+/m1/s1. The molecule has 0 unspecified atom stereocenters. The van der Waals surface area contributed by atoms with Crippen molar-refractivity contribution >= 4 is 12.0 Å². The van der Waals surface area contributed by atoms with E-state index in [0.717, 1.165) is 18.2 Å². The van der Waals surface area contributed by atoms with Gasteiger partial charge in [-0.25, -0.2) is 4.79 Å². The topological polar surface area (TPSA) is 345 Å². The lowest BCUT2D eigenvalue weighted by molar-refractivity contribution is -0.366. The first-order valence-corrected chi connectivity index (χ1v) is 17.4. The molecule has 0 aromatic heterocycles. The normalized spacial score (nSPS) is 36.4. The summed E-state index contributed by atoms with van der Waals surface area (Å²) in [4.78, 5) is 13.3. The van der Waals surface area contributed by atoms with Gasteiger partial charge in [0.1, 0.15) is 67.1 Å². The summed E-state index contributed by atoms with van der Waals surface area (Å²) >= 11 is 0. The van der Waals surface area contributed by atoms with Gasteiger partial charge in [0.2, 0.25) is 0 Å². The fourth-order valence-electron chi connectivity index (χ4n) is 6.19. The van der Waals surface area contributed by atoms with Crippen molar-refractivity contribution in [1.29, 1.82) is 0 Å². The largest absolute Gasteiger partial charge is 0.504 e. The van der Waals surface area contributed by atoms with Gasteiger partial charge in [-0.3, -0.25) is 0 Å². The Kier molecular flexibility index (Phi) is 14.8. The molecule has 21 heteroatoms. The molecule has 0 saturated carbocycles. The van der Waals surface area contributed by atoms with Crippen LogP contribution in [0.5, 0.6) is 23.0 Å². The number of hydrogen-bond donors (Lipinski definition) is 13. The number of phenols is 4. The number of phenolic OH excluding ortho intramolecular Hbond substituents is 4. The summed E-state index contributed by atoms with van der Waals surface area (Å²) in [6.45, 7) is -2.56. The molecule has 3 fully saturated rings. The quantitative estimate of drug-likeness (QED) is 0.0489. The molecule has 3 aliphatic rings. The zero-order valence-electron chi connectivity index (χ0n) is 29.4. The van der Waals surface area contributed by atoms with Crippen LogP contribution in [0, 0.1) is 0 Å². The van der Waals surface area contributed by atoms with Gasteiger partial charge < -0.3 is 99.5 Å². The number of rotatable bonds is 14. The van der Waals surface area contributed by atoms with Crippen LogP contribution < -0.4 is 0 Å². The molecule has 56 heavy (non-hydrogen) atoms. The van der Waals surface area contributed by atoms with Gasteiger partial charge in [-0.05, 0) is 47.9 Å². The predicted octanol–water partition coefficient (Wildman–Crippen LogP) is -4.22. The minimum absolute atomic E-state index is 0.0840. The molecule has 2 aromatic carbocycles. The van der Waals surface area contributed by atoms with Crippen molar-refractivity contribution in [2.45, 2.75) is 98.5 Å². The van der Waals surface area contributed by atoms with Crippen molar-refractivity contribution in [2.75, 3.05) is 26.4 Å². The van der Waals surface area contributed by atoms with Crippen LogP contribution in [-0.4, -0.2) is 191 Å².